The number of benzene rings is 2. The largest absolute Gasteiger partial charge is 0.349 e. The molecule has 0 aliphatic carbocycles. The molecule has 0 radical (unpaired) electrons. The summed E-state index contributed by atoms with van der Waals surface area (Å²) in [5.41, 5.74) is -0.118. The summed E-state index contributed by atoms with van der Waals surface area (Å²) in [6.45, 7) is 5.06. The number of carbonyl (C=O) groups excluding carboxylic acids is 3. The second kappa shape index (κ2) is 10.4. The lowest BCUT2D eigenvalue weighted by atomic mass is 10.0. The van der Waals surface area contributed by atoms with Crippen LogP contribution in [-0.2, 0) is 9.59 Å². The second-order valence-corrected chi connectivity index (χ2v) is 9.38. The maximum atomic E-state index is 14.9. The van der Waals surface area contributed by atoms with Gasteiger partial charge in [-0.05, 0) is 49.9 Å². The fourth-order valence-electron chi connectivity index (χ4n) is 3.29. The van der Waals surface area contributed by atoms with Gasteiger partial charge in [0.1, 0.15) is 11.9 Å². The molecule has 1 aromatic heterocycles. The van der Waals surface area contributed by atoms with E-state index in [9.17, 15) is 18.8 Å². The van der Waals surface area contributed by atoms with Crippen molar-refractivity contribution in [3.8, 4) is 0 Å². The Balaban J connectivity index is 2.01. The topological polar surface area (TPSA) is 78.5 Å². The first-order valence-corrected chi connectivity index (χ1v) is 11.3. The molecular formula is C25H26FN3O3S. The zero-order chi connectivity index (χ0) is 24.0. The summed E-state index contributed by atoms with van der Waals surface area (Å²) < 4.78 is 14.9. The van der Waals surface area contributed by atoms with Crippen molar-refractivity contribution in [1.82, 2.24) is 10.6 Å². The molecule has 1 atom stereocenters. The number of anilines is 1. The van der Waals surface area contributed by atoms with Crippen molar-refractivity contribution in [2.75, 3.05) is 11.4 Å². The predicted octanol–water partition coefficient (Wildman–Crippen LogP) is 4.31. The van der Waals surface area contributed by atoms with E-state index in [1.807, 2.05) is 20.8 Å². The Kier molecular flexibility index (Phi) is 7.60. The first-order chi connectivity index (χ1) is 15.7. The summed E-state index contributed by atoms with van der Waals surface area (Å²) in [5.74, 6) is -2.15. The van der Waals surface area contributed by atoms with Gasteiger partial charge in [0.05, 0.1) is 17.1 Å². The highest BCUT2D eigenvalue weighted by molar-refractivity contribution is 7.12. The highest BCUT2D eigenvalue weighted by Gasteiger charge is 2.35. The molecule has 3 aromatic rings. The molecule has 0 bridgehead atoms. The van der Waals surface area contributed by atoms with Gasteiger partial charge in [0.2, 0.25) is 11.8 Å². The number of hydrogen-bond donors (Lipinski definition) is 2. The summed E-state index contributed by atoms with van der Waals surface area (Å²) in [4.78, 5) is 40.8. The second-order valence-electron chi connectivity index (χ2n) is 8.43. The zero-order valence-corrected chi connectivity index (χ0v) is 19.5. The van der Waals surface area contributed by atoms with Crippen molar-refractivity contribution < 1.29 is 18.8 Å². The predicted molar refractivity (Wildman–Crippen MR) is 128 cm³/mol. The van der Waals surface area contributed by atoms with Crippen LogP contribution in [0.1, 0.15) is 42.0 Å². The van der Waals surface area contributed by atoms with Crippen molar-refractivity contribution in [3.63, 3.8) is 0 Å². The standard InChI is InChI=1S/C25H26FN3O3S/c1-25(2,3)28-24(32)22(17-10-5-4-6-11-17)29(19-13-8-7-12-18(19)26)21(30)16-27-23(31)20-14-9-15-33-20/h4-15,22H,16H2,1-3H3,(H,27,31)(H,28,32)/t22-/m0/s1. The van der Waals surface area contributed by atoms with Crippen LogP contribution in [0, 0.1) is 5.82 Å². The Bertz CT molecular complexity index is 1110. The van der Waals surface area contributed by atoms with Gasteiger partial charge in [-0.1, -0.05) is 48.5 Å². The third kappa shape index (κ3) is 6.26. The Morgan fingerprint density at radius 1 is 0.970 bits per heavy atom. The molecule has 0 saturated heterocycles. The van der Waals surface area contributed by atoms with Crippen LogP contribution in [0.15, 0.2) is 72.1 Å². The molecular weight excluding hydrogens is 441 g/mol. The van der Waals surface area contributed by atoms with E-state index in [4.69, 9.17) is 0 Å². The van der Waals surface area contributed by atoms with Crippen molar-refractivity contribution in [2.24, 2.45) is 0 Å². The number of halogens is 1. The van der Waals surface area contributed by atoms with E-state index in [0.717, 1.165) is 4.90 Å². The quantitative estimate of drug-likeness (QED) is 0.544. The first kappa shape index (κ1) is 24.1. The highest BCUT2D eigenvalue weighted by atomic mass is 32.1. The van der Waals surface area contributed by atoms with E-state index >= 15 is 0 Å². The molecule has 0 fully saturated rings. The monoisotopic (exact) mass is 467 g/mol. The number of thiophene rings is 1. The van der Waals surface area contributed by atoms with E-state index in [2.05, 4.69) is 10.6 Å². The third-order valence-corrected chi connectivity index (χ3v) is 5.51. The van der Waals surface area contributed by atoms with Crippen LogP contribution < -0.4 is 15.5 Å². The van der Waals surface area contributed by atoms with Gasteiger partial charge in [-0.15, -0.1) is 11.3 Å². The van der Waals surface area contributed by atoms with Crippen molar-refractivity contribution >= 4 is 34.7 Å². The Hall–Kier alpha value is -3.52. The number of carbonyl (C=O) groups is 3. The maximum Gasteiger partial charge on any atom is 0.261 e. The average Bonchev–Trinajstić information content (AvgIpc) is 3.30. The van der Waals surface area contributed by atoms with E-state index < -0.39 is 41.7 Å². The Morgan fingerprint density at radius 2 is 1.64 bits per heavy atom. The molecule has 0 saturated carbocycles. The lowest BCUT2D eigenvalue weighted by Gasteiger charge is -2.34. The minimum atomic E-state index is -1.14. The molecule has 3 amide bonds. The summed E-state index contributed by atoms with van der Waals surface area (Å²) in [5, 5.41) is 7.22. The van der Waals surface area contributed by atoms with Crippen LogP contribution in [0.25, 0.3) is 0 Å². The fraction of sp³-hybridized carbons (Fsp3) is 0.240. The molecule has 2 N–H and O–H groups in total. The molecule has 172 valence electrons. The van der Waals surface area contributed by atoms with Gasteiger partial charge in [-0.2, -0.15) is 0 Å². The van der Waals surface area contributed by atoms with Crippen molar-refractivity contribution in [1.29, 1.82) is 0 Å². The van der Waals surface area contributed by atoms with Crippen LogP contribution in [0.2, 0.25) is 0 Å². The maximum absolute atomic E-state index is 14.9. The Labute approximate surface area is 196 Å². The molecule has 1 heterocycles. The molecule has 2 aromatic carbocycles. The van der Waals surface area contributed by atoms with Gasteiger partial charge < -0.3 is 10.6 Å². The van der Waals surface area contributed by atoms with E-state index in [1.54, 1.807) is 53.9 Å². The SMILES string of the molecule is CC(C)(C)NC(=O)[C@H](c1ccccc1)N(C(=O)CNC(=O)c1cccs1)c1ccccc1F. The number of nitrogens with zero attached hydrogens (tertiary/aromatic N) is 1. The van der Waals surface area contributed by atoms with E-state index in [0.29, 0.717) is 10.4 Å². The van der Waals surface area contributed by atoms with Crippen LogP contribution >= 0.6 is 11.3 Å². The van der Waals surface area contributed by atoms with E-state index in [1.165, 1.54) is 29.5 Å². The molecule has 0 spiro atoms. The average molecular weight is 468 g/mol. The fourth-order valence-corrected chi connectivity index (χ4v) is 3.93. The highest BCUT2D eigenvalue weighted by Crippen LogP contribution is 2.30. The lowest BCUT2D eigenvalue weighted by Crippen LogP contribution is -2.51. The summed E-state index contributed by atoms with van der Waals surface area (Å²) in [7, 11) is 0. The van der Waals surface area contributed by atoms with Gasteiger partial charge in [0.15, 0.2) is 0 Å². The molecule has 6 nitrogen and oxygen atoms in total. The van der Waals surface area contributed by atoms with Crippen LogP contribution in [-0.4, -0.2) is 29.8 Å². The molecule has 0 aliphatic heterocycles. The number of amides is 3. The minimum Gasteiger partial charge on any atom is -0.349 e. The number of hydrogen-bond acceptors (Lipinski definition) is 4. The smallest absolute Gasteiger partial charge is 0.261 e. The third-order valence-electron chi connectivity index (χ3n) is 4.65. The molecule has 33 heavy (non-hydrogen) atoms. The molecule has 0 unspecified atom stereocenters. The van der Waals surface area contributed by atoms with Gasteiger partial charge >= 0.3 is 0 Å². The van der Waals surface area contributed by atoms with Gasteiger partial charge in [-0.3, -0.25) is 19.3 Å². The van der Waals surface area contributed by atoms with Crippen LogP contribution in [0.4, 0.5) is 10.1 Å². The van der Waals surface area contributed by atoms with E-state index in [-0.39, 0.29) is 5.69 Å². The molecule has 0 aliphatic rings. The summed E-state index contributed by atoms with van der Waals surface area (Å²) in [6.07, 6.45) is 0. The van der Waals surface area contributed by atoms with Crippen LogP contribution in [0.3, 0.4) is 0 Å². The molecule has 3 rings (SSSR count). The lowest BCUT2D eigenvalue weighted by molar-refractivity contribution is -0.127. The zero-order valence-electron chi connectivity index (χ0n) is 18.7. The van der Waals surface area contributed by atoms with Gasteiger partial charge in [0.25, 0.3) is 5.91 Å². The number of rotatable bonds is 7. The summed E-state index contributed by atoms with van der Waals surface area (Å²) in [6, 6.07) is 16.7. The van der Waals surface area contributed by atoms with Gasteiger partial charge in [0, 0.05) is 5.54 Å². The number of nitrogens with one attached hydrogen (secondary N) is 2. The molecule has 8 heteroatoms. The van der Waals surface area contributed by atoms with Crippen molar-refractivity contribution in [2.45, 2.75) is 32.4 Å². The number of para-hydroxylation sites is 1. The van der Waals surface area contributed by atoms with Crippen LogP contribution in [0.5, 0.6) is 0 Å². The van der Waals surface area contributed by atoms with Gasteiger partial charge in [-0.25, -0.2) is 4.39 Å². The Morgan fingerprint density at radius 3 is 2.24 bits per heavy atom. The van der Waals surface area contributed by atoms with Crippen molar-refractivity contribution in [3.05, 3.63) is 88.4 Å². The minimum absolute atomic E-state index is 0.0502. The first-order valence-electron chi connectivity index (χ1n) is 10.4. The normalized spacial score (nSPS) is 12.0. The summed E-state index contributed by atoms with van der Waals surface area (Å²) >= 11 is 1.24.